The molecule has 0 fully saturated rings. The second-order valence-electron chi connectivity index (χ2n) is 4.29. The van der Waals surface area contributed by atoms with Crippen molar-refractivity contribution < 1.29 is 14.3 Å². The third-order valence-electron chi connectivity index (χ3n) is 2.25. The zero-order chi connectivity index (χ0) is 12.6. The number of amides is 1. The lowest BCUT2D eigenvalue weighted by molar-refractivity contribution is -0.123. The van der Waals surface area contributed by atoms with Crippen molar-refractivity contribution in [3.63, 3.8) is 0 Å². The first kappa shape index (κ1) is 15.3. The fraction of sp³-hybridized carbons (Fsp3) is 0.909. The maximum atomic E-state index is 11.6. The van der Waals surface area contributed by atoms with Crippen LogP contribution in [-0.2, 0) is 14.3 Å². The maximum absolute atomic E-state index is 11.6. The van der Waals surface area contributed by atoms with E-state index in [9.17, 15) is 4.79 Å². The van der Waals surface area contributed by atoms with E-state index in [1.807, 2.05) is 13.8 Å². The molecule has 0 aromatic carbocycles. The molecule has 0 saturated heterocycles. The van der Waals surface area contributed by atoms with Gasteiger partial charge in [0, 0.05) is 20.8 Å². The van der Waals surface area contributed by atoms with Crippen molar-refractivity contribution in [2.75, 3.05) is 27.4 Å². The quantitative estimate of drug-likeness (QED) is 0.624. The van der Waals surface area contributed by atoms with E-state index in [2.05, 4.69) is 5.32 Å². The van der Waals surface area contributed by atoms with Crippen molar-refractivity contribution in [1.82, 2.24) is 5.32 Å². The van der Waals surface area contributed by atoms with E-state index in [0.29, 0.717) is 25.5 Å². The Morgan fingerprint density at radius 1 is 1.38 bits per heavy atom. The minimum Gasteiger partial charge on any atom is -0.382 e. The van der Waals surface area contributed by atoms with Crippen LogP contribution in [0, 0.1) is 5.92 Å². The summed E-state index contributed by atoms with van der Waals surface area (Å²) in [6.07, 6.45) is 0.563. The molecule has 2 atom stereocenters. The third-order valence-corrected chi connectivity index (χ3v) is 2.25. The number of methoxy groups -OCH3 is 2. The van der Waals surface area contributed by atoms with Crippen LogP contribution in [-0.4, -0.2) is 45.4 Å². The van der Waals surface area contributed by atoms with Gasteiger partial charge in [0.1, 0.15) is 0 Å². The van der Waals surface area contributed by atoms with Crippen LogP contribution in [0.4, 0.5) is 0 Å². The lowest BCUT2D eigenvalue weighted by atomic mass is 10.0. The van der Waals surface area contributed by atoms with Gasteiger partial charge in [0.15, 0.2) is 0 Å². The number of hydrogen-bond donors (Lipinski definition) is 2. The predicted octanol–water partition coefficient (Wildman–Crippen LogP) is 0.137. The lowest BCUT2D eigenvalue weighted by Crippen LogP contribution is -2.45. The van der Waals surface area contributed by atoms with E-state index in [0.717, 1.165) is 0 Å². The molecule has 0 heterocycles. The van der Waals surface area contributed by atoms with E-state index in [1.165, 1.54) is 0 Å². The molecular formula is C11H24N2O3. The highest BCUT2D eigenvalue weighted by Gasteiger charge is 2.16. The molecule has 0 bridgehead atoms. The highest BCUT2D eigenvalue weighted by atomic mass is 16.5. The van der Waals surface area contributed by atoms with Gasteiger partial charge in [0.25, 0.3) is 0 Å². The van der Waals surface area contributed by atoms with Crippen LogP contribution in [0.3, 0.4) is 0 Å². The molecule has 96 valence electrons. The third kappa shape index (κ3) is 6.76. The van der Waals surface area contributed by atoms with Gasteiger partial charge in [-0.2, -0.15) is 0 Å². The van der Waals surface area contributed by atoms with Gasteiger partial charge in [-0.15, -0.1) is 0 Å². The summed E-state index contributed by atoms with van der Waals surface area (Å²) in [5.41, 5.74) is 5.74. The van der Waals surface area contributed by atoms with Crippen LogP contribution in [0.15, 0.2) is 0 Å². The maximum Gasteiger partial charge on any atom is 0.237 e. The van der Waals surface area contributed by atoms with Gasteiger partial charge in [-0.1, -0.05) is 13.8 Å². The van der Waals surface area contributed by atoms with Crippen LogP contribution in [0.1, 0.15) is 20.3 Å². The molecule has 0 aliphatic carbocycles. The largest absolute Gasteiger partial charge is 0.382 e. The summed E-state index contributed by atoms with van der Waals surface area (Å²) >= 11 is 0. The SMILES string of the molecule is COCC(CNC(=O)[C@H](N)CC(C)C)OC. The molecule has 0 aliphatic rings. The summed E-state index contributed by atoms with van der Waals surface area (Å²) in [6, 6.07) is -0.444. The van der Waals surface area contributed by atoms with Gasteiger partial charge in [0.2, 0.25) is 5.91 Å². The van der Waals surface area contributed by atoms with E-state index in [-0.39, 0.29) is 12.0 Å². The molecule has 1 unspecified atom stereocenters. The molecule has 0 saturated carbocycles. The van der Waals surface area contributed by atoms with Crippen LogP contribution in [0.25, 0.3) is 0 Å². The Labute approximate surface area is 97.7 Å². The Morgan fingerprint density at radius 3 is 2.44 bits per heavy atom. The number of rotatable bonds is 8. The molecular weight excluding hydrogens is 208 g/mol. The van der Waals surface area contributed by atoms with Gasteiger partial charge >= 0.3 is 0 Å². The van der Waals surface area contributed by atoms with Crippen molar-refractivity contribution >= 4 is 5.91 Å². The van der Waals surface area contributed by atoms with E-state index in [1.54, 1.807) is 14.2 Å². The number of carbonyl (C=O) groups is 1. The van der Waals surface area contributed by atoms with Gasteiger partial charge < -0.3 is 20.5 Å². The molecule has 0 aromatic rings. The number of carbonyl (C=O) groups excluding carboxylic acids is 1. The highest BCUT2D eigenvalue weighted by molar-refractivity contribution is 5.81. The first-order valence-electron chi connectivity index (χ1n) is 5.56. The first-order chi connectivity index (χ1) is 7.51. The summed E-state index contributed by atoms with van der Waals surface area (Å²) in [5, 5.41) is 2.75. The molecule has 0 aliphatic heterocycles. The summed E-state index contributed by atoms with van der Waals surface area (Å²) in [7, 11) is 3.18. The van der Waals surface area contributed by atoms with Crippen molar-refractivity contribution in [3.8, 4) is 0 Å². The summed E-state index contributed by atoms with van der Waals surface area (Å²) < 4.78 is 10.1. The van der Waals surface area contributed by atoms with Crippen LogP contribution in [0.2, 0.25) is 0 Å². The Hall–Kier alpha value is -0.650. The topological polar surface area (TPSA) is 73.6 Å². The number of ether oxygens (including phenoxy) is 2. The van der Waals surface area contributed by atoms with Crippen molar-refractivity contribution in [1.29, 1.82) is 0 Å². The standard InChI is InChI=1S/C11H24N2O3/c1-8(2)5-10(12)11(14)13-6-9(16-4)7-15-3/h8-10H,5-7,12H2,1-4H3,(H,13,14)/t9?,10-/m1/s1. The molecule has 0 rings (SSSR count). The number of nitrogens with two attached hydrogens (primary N) is 1. The minimum absolute atomic E-state index is 0.125. The highest BCUT2D eigenvalue weighted by Crippen LogP contribution is 2.02. The predicted molar refractivity (Wildman–Crippen MR) is 63.1 cm³/mol. The zero-order valence-corrected chi connectivity index (χ0v) is 10.7. The van der Waals surface area contributed by atoms with Gasteiger partial charge in [0.05, 0.1) is 18.8 Å². The summed E-state index contributed by atoms with van der Waals surface area (Å²) in [6.45, 7) is 4.96. The van der Waals surface area contributed by atoms with Gasteiger partial charge in [-0.25, -0.2) is 0 Å². The second-order valence-corrected chi connectivity index (χ2v) is 4.29. The minimum atomic E-state index is -0.444. The van der Waals surface area contributed by atoms with Crippen molar-refractivity contribution in [2.24, 2.45) is 11.7 Å². The fourth-order valence-electron chi connectivity index (χ4n) is 1.36. The normalized spacial score (nSPS) is 14.9. The molecule has 0 aromatic heterocycles. The second kappa shape index (κ2) is 8.50. The Morgan fingerprint density at radius 2 is 2.00 bits per heavy atom. The Kier molecular flexibility index (Phi) is 8.15. The van der Waals surface area contributed by atoms with E-state index in [4.69, 9.17) is 15.2 Å². The van der Waals surface area contributed by atoms with Crippen LogP contribution in [0.5, 0.6) is 0 Å². The summed E-state index contributed by atoms with van der Waals surface area (Å²) in [5.74, 6) is 0.282. The van der Waals surface area contributed by atoms with Crippen molar-refractivity contribution in [2.45, 2.75) is 32.4 Å². The number of hydrogen-bond acceptors (Lipinski definition) is 4. The average molecular weight is 232 g/mol. The van der Waals surface area contributed by atoms with Gasteiger partial charge in [-0.05, 0) is 12.3 Å². The molecule has 0 radical (unpaired) electrons. The molecule has 1 amide bonds. The average Bonchev–Trinajstić information content (AvgIpc) is 2.22. The Bertz CT molecular complexity index is 198. The molecule has 3 N–H and O–H groups in total. The number of nitrogens with one attached hydrogen (secondary N) is 1. The smallest absolute Gasteiger partial charge is 0.237 e. The molecule has 16 heavy (non-hydrogen) atoms. The first-order valence-corrected chi connectivity index (χ1v) is 5.56. The van der Waals surface area contributed by atoms with Gasteiger partial charge in [-0.3, -0.25) is 4.79 Å². The molecule has 5 heteroatoms. The monoisotopic (exact) mass is 232 g/mol. The molecule has 0 spiro atoms. The fourth-order valence-corrected chi connectivity index (χ4v) is 1.36. The molecule has 5 nitrogen and oxygen atoms in total. The van der Waals surface area contributed by atoms with Crippen LogP contribution < -0.4 is 11.1 Å². The summed E-state index contributed by atoms with van der Waals surface area (Å²) in [4.78, 5) is 11.6. The Balaban J connectivity index is 3.86. The lowest BCUT2D eigenvalue weighted by Gasteiger charge is -2.18. The van der Waals surface area contributed by atoms with Crippen molar-refractivity contribution in [3.05, 3.63) is 0 Å². The van der Waals surface area contributed by atoms with E-state index < -0.39 is 6.04 Å². The van der Waals surface area contributed by atoms with Crippen LogP contribution >= 0.6 is 0 Å². The van der Waals surface area contributed by atoms with E-state index >= 15 is 0 Å². The zero-order valence-electron chi connectivity index (χ0n) is 10.7.